The van der Waals surface area contributed by atoms with Crippen molar-refractivity contribution in [3.8, 4) is 34.4 Å². The molecule has 0 radical (unpaired) electrons. The van der Waals surface area contributed by atoms with Crippen LogP contribution in [0.2, 0.25) is 0 Å². The number of amides is 6. The Morgan fingerprint density at radius 3 is 1.50 bits per heavy atom. The molecule has 0 spiro atoms. The number of ether oxygens (including phenoxy) is 6. The molecule has 6 amide bonds. The second kappa shape index (κ2) is 33.8. The molecule has 11 rings (SSSR count). The molecule has 0 unspecified atom stereocenters. The molecular formula is C75H101BrN10O19P2S. The summed E-state index contributed by atoms with van der Waals surface area (Å²) < 4.78 is 73.7. The van der Waals surface area contributed by atoms with Gasteiger partial charge in [0.15, 0.2) is 10.9 Å². The molecule has 6 fully saturated rings. The summed E-state index contributed by atoms with van der Waals surface area (Å²) in [6.45, 7) is 21.9. The van der Waals surface area contributed by atoms with Gasteiger partial charge < -0.3 is 83.2 Å². The van der Waals surface area contributed by atoms with Crippen LogP contribution in [-0.2, 0) is 46.8 Å². The van der Waals surface area contributed by atoms with Gasteiger partial charge >= 0.3 is 27.4 Å². The van der Waals surface area contributed by atoms with Crippen molar-refractivity contribution >= 4 is 111 Å². The molecule has 5 heterocycles. The van der Waals surface area contributed by atoms with Crippen molar-refractivity contribution in [3.05, 3.63) is 84.9 Å². The molecule has 29 nitrogen and oxygen atoms in total. The Morgan fingerprint density at radius 1 is 0.657 bits per heavy atom. The van der Waals surface area contributed by atoms with Crippen LogP contribution >= 0.6 is 42.5 Å². The first-order valence-corrected chi connectivity index (χ1v) is 41.6. The number of aromatic nitrogens is 3. The van der Waals surface area contributed by atoms with Crippen LogP contribution in [0.1, 0.15) is 143 Å². The Kier molecular flexibility index (Phi) is 25.9. The topological polar surface area (TPSA) is 364 Å². The van der Waals surface area contributed by atoms with Gasteiger partial charge in [-0.3, -0.25) is 33.1 Å². The summed E-state index contributed by atoms with van der Waals surface area (Å²) in [5.41, 5.74) is 0.774. The van der Waals surface area contributed by atoms with E-state index in [9.17, 15) is 52.5 Å². The highest BCUT2D eigenvalue weighted by atomic mass is 79.9. The minimum absolute atomic E-state index is 0.00622. The van der Waals surface area contributed by atoms with E-state index in [1.807, 2.05) is 51.2 Å². The lowest BCUT2D eigenvalue weighted by Crippen LogP contribution is -2.58. The number of Topliss-reactive ketones (excluding diaryl/α,β-unsaturated/α-hetero) is 1. The Morgan fingerprint density at radius 2 is 1.10 bits per heavy atom. The minimum Gasteiger partial charge on any atom is -0.497 e. The zero-order valence-electron chi connectivity index (χ0n) is 63.3. The van der Waals surface area contributed by atoms with Crippen LogP contribution in [-0.4, -0.2) is 195 Å². The summed E-state index contributed by atoms with van der Waals surface area (Å²) >= 11 is 4.68. The molecule has 6 N–H and O–H groups in total. The largest absolute Gasteiger partial charge is 0.497 e. The number of alkyl halides is 1. The van der Waals surface area contributed by atoms with Gasteiger partial charge in [-0.1, -0.05) is 69.6 Å². The third-order valence-corrected chi connectivity index (χ3v) is 26.5. The average molecular weight is 1620 g/mol. The van der Waals surface area contributed by atoms with Crippen molar-refractivity contribution < 1.29 is 89.9 Å². The summed E-state index contributed by atoms with van der Waals surface area (Å²) in [6, 6.07) is 9.41. The fraction of sp³-hybridized carbons (Fsp3) is 0.573. The number of alkyl carbamates (subject to hydrolysis) is 2. The average Bonchev–Trinajstić information content (AvgIpc) is 1.56. The van der Waals surface area contributed by atoms with E-state index >= 15 is 0 Å². The van der Waals surface area contributed by atoms with E-state index < -0.39 is 121 Å². The summed E-state index contributed by atoms with van der Waals surface area (Å²) in [4.78, 5) is 136. The van der Waals surface area contributed by atoms with Crippen LogP contribution in [0.4, 0.5) is 14.7 Å². The zero-order valence-corrected chi connectivity index (χ0v) is 67.4. The van der Waals surface area contributed by atoms with Gasteiger partial charge in [0, 0.05) is 79.2 Å². The van der Waals surface area contributed by atoms with Gasteiger partial charge in [0.05, 0.1) is 62.6 Å². The number of thiazole rings is 1. The number of methoxy groups -OCH3 is 2. The summed E-state index contributed by atoms with van der Waals surface area (Å²) in [7, 11) is -1.83. The number of rotatable bonds is 28. The number of halogens is 1. The molecular weight excluding hydrogens is 1520 g/mol. The Labute approximate surface area is 641 Å². The first-order chi connectivity index (χ1) is 51.1. The highest BCUT2D eigenvalue weighted by Gasteiger charge is 2.69. The number of hydrogen-bond donors (Lipinski definition) is 6. The predicted octanol–water partition coefficient (Wildman–Crippen LogP) is 11.6. The van der Waals surface area contributed by atoms with Crippen LogP contribution < -0.4 is 45.1 Å². The van der Waals surface area contributed by atoms with E-state index in [0.29, 0.717) is 56.2 Å². The number of carbonyl (C=O) groups is 7. The first kappa shape index (κ1) is 82.7. The first-order valence-electron chi connectivity index (χ1n) is 36.5. The molecule has 2 aliphatic heterocycles. The number of nitrogens with one attached hydrogen (secondary N) is 4. The van der Waals surface area contributed by atoms with Gasteiger partial charge in [0.1, 0.15) is 93.5 Å². The second-order valence-corrected chi connectivity index (χ2v) is 36.1. The monoisotopic (exact) mass is 1620 g/mol. The lowest BCUT2D eigenvalue weighted by molar-refractivity contribution is -0.142. The van der Waals surface area contributed by atoms with Crippen molar-refractivity contribution in [2.75, 3.05) is 64.8 Å². The number of carbonyl (C=O) groups excluding carboxylic acids is 7. The third kappa shape index (κ3) is 18.3. The van der Waals surface area contributed by atoms with Crippen LogP contribution in [0, 0.1) is 22.7 Å². The van der Waals surface area contributed by atoms with E-state index in [1.165, 1.54) is 34.3 Å². The molecule has 108 heavy (non-hydrogen) atoms. The number of pyridine rings is 2. The van der Waals surface area contributed by atoms with E-state index in [2.05, 4.69) is 55.3 Å². The van der Waals surface area contributed by atoms with Crippen LogP contribution in [0.5, 0.6) is 23.0 Å². The number of ketones is 1. The molecule has 4 aliphatic carbocycles. The van der Waals surface area contributed by atoms with Crippen LogP contribution in [0.25, 0.3) is 33.2 Å². The van der Waals surface area contributed by atoms with E-state index in [4.69, 9.17) is 47.4 Å². The van der Waals surface area contributed by atoms with Crippen LogP contribution in [0.15, 0.2) is 79.2 Å². The zero-order chi connectivity index (χ0) is 78.6. The number of benzene rings is 2. The van der Waals surface area contributed by atoms with Crippen molar-refractivity contribution in [1.82, 2.24) is 46.0 Å². The SMILES string of the molecule is C=C[C@@H]1C[C@]1(NC(=O)[C@@H]1C[C@@H](Oc2cc(-c3csc(N(C)C)n3)nc3cc(OC)ccc23)CN1C(=O)[C@@H](NC(=O)OC1CCCC1)C(C)(C)C)P(=O)(O)O.C=C[C@@H]1C[C@]1(NC(=O)[C@@H]1C[C@@H](Oc2cc(C(=O)CBr)nc3cc(OC)ccc23)CN1C(=O)[C@@H](NC(=O)OC1CCCC1)C(C)(C)C)P(=O)(OCC)OCC. The van der Waals surface area contributed by atoms with Gasteiger partial charge in [-0.2, -0.15) is 0 Å². The van der Waals surface area contributed by atoms with Crippen molar-refractivity contribution in [3.63, 3.8) is 0 Å². The maximum Gasteiger partial charge on any atom is 0.408 e. The number of fused-ring (bicyclic) bond motifs is 2. The standard InChI is InChI=1S/C38H52BrN4O10P.C37H49N6O9PS/c1-8-23-20-38(23,54(48,50-9-2)51-10-3)42-34(45)30-18-26(52-32-19-29(31(44)21-39)40-28-17-25(49-7)15-16-27(28)32)22-43(30)35(46)33(37(4,5)6)41-36(47)53-24-13-11-12-14-24;1-8-21-18-37(21,53(47,48)49)41-32(44)29-16-24(19-43(29)33(45)31(36(2,3)4)40-35(46)52-22-11-9-10-12-22)51-30-17-27(28-20-54-34(39-28)42(5)6)38-26-15-23(50-7)13-14-25(26)30/h8,15-17,19,23-24,26,30,33H,1,9-14,18,20-22H2,2-7H3,(H,41,47)(H,42,45);8,13-15,17,20-22,24,29,31H,1,9-12,16,18-19H2,2-7H3,(H,40,46)(H,41,44)(H2,47,48,49)/t23-,26-,30+,33-,38+;21-,24-,29+,31-,37+/m11/s1. The second-order valence-electron chi connectivity index (χ2n) is 30.5. The minimum atomic E-state index is -4.83. The Balaban J connectivity index is 0.000000230. The van der Waals surface area contributed by atoms with Crippen molar-refractivity contribution in [1.29, 1.82) is 0 Å². The van der Waals surface area contributed by atoms with Crippen molar-refractivity contribution in [2.24, 2.45) is 22.7 Å². The van der Waals surface area contributed by atoms with E-state index in [0.717, 1.165) is 56.5 Å². The summed E-state index contributed by atoms with van der Waals surface area (Å²) in [6.07, 6.45) is 6.81. The van der Waals surface area contributed by atoms with Crippen molar-refractivity contribution in [2.45, 2.75) is 192 Å². The summed E-state index contributed by atoms with van der Waals surface area (Å²) in [5.74, 6) is -1.83. The molecule has 588 valence electrons. The normalized spacial score (nSPS) is 23.5. The van der Waals surface area contributed by atoms with Gasteiger partial charge in [-0.05, 0) is 113 Å². The molecule has 33 heteroatoms. The summed E-state index contributed by atoms with van der Waals surface area (Å²) in [5, 5.41) is 11.9. The van der Waals surface area contributed by atoms with Gasteiger partial charge in [0.2, 0.25) is 23.6 Å². The smallest absolute Gasteiger partial charge is 0.408 e. The number of hydrogen-bond acceptors (Lipinski definition) is 22. The van der Waals surface area contributed by atoms with E-state index in [-0.39, 0.29) is 81.0 Å². The molecule has 6 aliphatic rings. The fourth-order valence-electron chi connectivity index (χ4n) is 14.5. The van der Waals surface area contributed by atoms with Gasteiger partial charge in [-0.25, -0.2) is 24.5 Å². The fourth-order valence-corrected chi connectivity index (χ4v) is 19.1. The van der Waals surface area contributed by atoms with Gasteiger partial charge in [-0.15, -0.1) is 24.5 Å². The van der Waals surface area contributed by atoms with E-state index in [1.54, 1.807) is 90.3 Å². The Hall–Kier alpha value is -7.76. The van der Waals surface area contributed by atoms with Gasteiger partial charge in [0.25, 0.3) is 0 Å². The number of anilines is 1. The lowest BCUT2D eigenvalue weighted by Gasteiger charge is -2.36. The molecule has 2 aromatic carbocycles. The quantitative estimate of drug-likeness (QED) is 0.0117. The third-order valence-electron chi connectivity index (χ3n) is 20.5. The van der Waals surface area contributed by atoms with Crippen LogP contribution in [0.3, 0.4) is 0 Å². The predicted molar refractivity (Wildman–Crippen MR) is 411 cm³/mol. The Bertz CT molecular complexity index is 4300. The molecule has 3 aromatic heterocycles. The molecule has 2 saturated heterocycles. The maximum absolute atomic E-state index is 14.7. The molecule has 0 bridgehead atoms. The lowest BCUT2D eigenvalue weighted by atomic mass is 9.85. The molecule has 10 atom stereocenters. The highest BCUT2D eigenvalue weighted by Crippen LogP contribution is 2.73. The number of nitrogens with zero attached hydrogens (tertiary/aromatic N) is 6. The number of likely N-dealkylation sites (tertiary alicyclic amines) is 2. The molecule has 5 aromatic rings. The highest BCUT2D eigenvalue weighted by molar-refractivity contribution is 9.09. The molecule has 4 saturated carbocycles. The maximum atomic E-state index is 14.7.